The van der Waals surface area contributed by atoms with Gasteiger partial charge in [0.2, 0.25) is 0 Å². The lowest BCUT2D eigenvalue weighted by molar-refractivity contribution is -0.384. The minimum absolute atomic E-state index is 0.0363. The van der Waals surface area contributed by atoms with Crippen LogP contribution < -0.4 is 0 Å². The summed E-state index contributed by atoms with van der Waals surface area (Å²) in [7, 11) is 0. The maximum Gasteiger partial charge on any atom is 0.269 e. The lowest BCUT2D eigenvalue weighted by Gasteiger charge is -2.06. The van der Waals surface area contributed by atoms with Crippen LogP contribution in [0, 0.1) is 10.1 Å². The Morgan fingerprint density at radius 2 is 1.96 bits per heavy atom. The van der Waals surface area contributed by atoms with Crippen molar-refractivity contribution in [3.05, 3.63) is 92.7 Å². The Kier molecular flexibility index (Phi) is 5.25. The average Bonchev–Trinajstić information content (AvgIpc) is 3.08. The van der Waals surface area contributed by atoms with Crippen molar-refractivity contribution in [1.82, 2.24) is 4.57 Å². The summed E-state index contributed by atoms with van der Waals surface area (Å²) in [6.45, 7) is 0.164. The number of halogens is 1. The van der Waals surface area contributed by atoms with E-state index in [4.69, 9.17) is 4.84 Å². The normalized spacial score (nSPS) is 10.9. The van der Waals surface area contributed by atoms with E-state index in [2.05, 4.69) is 21.1 Å². The summed E-state index contributed by atoms with van der Waals surface area (Å²) in [5, 5.41) is 14.7. The van der Waals surface area contributed by atoms with Crippen molar-refractivity contribution in [2.75, 3.05) is 0 Å². The topological polar surface area (TPSA) is 69.7 Å². The van der Waals surface area contributed by atoms with Gasteiger partial charge in [-0.1, -0.05) is 33.2 Å². The molecule has 1 heterocycles. The highest BCUT2D eigenvalue weighted by Gasteiger charge is 2.05. The van der Waals surface area contributed by atoms with E-state index in [1.807, 2.05) is 47.2 Å². The Morgan fingerprint density at radius 3 is 2.72 bits per heavy atom. The summed E-state index contributed by atoms with van der Waals surface area (Å²) in [5.74, 6) is 0. The van der Waals surface area contributed by atoms with Gasteiger partial charge in [-0.2, -0.15) is 0 Å². The first-order valence-electron chi connectivity index (χ1n) is 7.45. The Labute approximate surface area is 152 Å². The largest absolute Gasteiger partial charge is 0.391 e. The number of benzene rings is 2. The van der Waals surface area contributed by atoms with Gasteiger partial charge in [0.25, 0.3) is 5.69 Å². The fourth-order valence-corrected chi connectivity index (χ4v) is 2.56. The van der Waals surface area contributed by atoms with E-state index in [0.717, 1.165) is 15.9 Å². The van der Waals surface area contributed by atoms with Crippen molar-refractivity contribution in [3.63, 3.8) is 0 Å². The Hall–Kier alpha value is -2.93. The maximum atomic E-state index is 10.8. The highest BCUT2D eigenvalue weighted by molar-refractivity contribution is 9.10. The number of oxime groups is 1. The van der Waals surface area contributed by atoms with E-state index in [0.29, 0.717) is 5.56 Å². The van der Waals surface area contributed by atoms with Crippen molar-refractivity contribution in [1.29, 1.82) is 0 Å². The van der Waals surface area contributed by atoms with Gasteiger partial charge in [0, 0.05) is 28.5 Å². The van der Waals surface area contributed by atoms with Crippen LogP contribution in [0.25, 0.3) is 5.69 Å². The molecule has 0 aliphatic carbocycles. The molecule has 0 fully saturated rings. The zero-order valence-corrected chi connectivity index (χ0v) is 14.7. The third-order valence-corrected chi connectivity index (χ3v) is 4.03. The van der Waals surface area contributed by atoms with Gasteiger partial charge >= 0.3 is 0 Å². The number of nitro groups is 1. The van der Waals surface area contributed by atoms with Crippen molar-refractivity contribution in [2.24, 2.45) is 5.16 Å². The van der Waals surface area contributed by atoms with Crippen LogP contribution in [-0.4, -0.2) is 15.7 Å². The van der Waals surface area contributed by atoms with Crippen molar-refractivity contribution in [3.8, 4) is 5.69 Å². The molecular weight excluding hydrogens is 386 g/mol. The molecule has 0 spiro atoms. The fraction of sp³-hybridized carbons (Fsp3) is 0.0556. The average molecular weight is 400 g/mol. The first kappa shape index (κ1) is 16.9. The molecule has 126 valence electrons. The summed E-state index contributed by atoms with van der Waals surface area (Å²) < 4.78 is 2.99. The van der Waals surface area contributed by atoms with Crippen molar-refractivity contribution >= 4 is 27.8 Å². The molecule has 6 nitrogen and oxygen atoms in total. The lowest BCUT2D eigenvalue weighted by Crippen LogP contribution is -1.98. The first-order valence-corrected chi connectivity index (χ1v) is 8.25. The molecule has 3 aromatic rings. The fourth-order valence-electron chi connectivity index (χ4n) is 2.30. The molecular formula is C18H14BrN3O3. The molecule has 0 atom stereocenters. The van der Waals surface area contributed by atoms with E-state index in [9.17, 15) is 10.1 Å². The molecule has 0 saturated carbocycles. The van der Waals surface area contributed by atoms with Crippen molar-refractivity contribution < 1.29 is 9.76 Å². The van der Waals surface area contributed by atoms with Crippen LogP contribution in [0.3, 0.4) is 0 Å². The SMILES string of the molecule is O=[N+]([O-])c1cccc(CO/N=C\c2cccn2-c2ccc(Br)cc2)c1. The van der Waals surface area contributed by atoms with E-state index in [1.165, 1.54) is 12.1 Å². The van der Waals surface area contributed by atoms with E-state index in [-0.39, 0.29) is 12.3 Å². The second-order valence-corrected chi connectivity index (χ2v) is 6.13. The number of rotatable bonds is 6. The lowest BCUT2D eigenvalue weighted by atomic mass is 10.2. The highest BCUT2D eigenvalue weighted by Crippen LogP contribution is 2.16. The quantitative estimate of drug-likeness (QED) is 0.342. The maximum absolute atomic E-state index is 10.8. The van der Waals surface area contributed by atoms with Gasteiger partial charge in [-0.3, -0.25) is 10.1 Å². The second-order valence-electron chi connectivity index (χ2n) is 5.21. The smallest absolute Gasteiger partial charge is 0.269 e. The monoisotopic (exact) mass is 399 g/mol. The van der Waals surface area contributed by atoms with E-state index >= 15 is 0 Å². The number of hydrogen-bond acceptors (Lipinski definition) is 4. The Balaban J connectivity index is 1.66. The number of non-ortho nitro benzene ring substituents is 1. The van der Waals surface area contributed by atoms with Gasteiger partial charge < -0.3 is 9.40 Å². The first-order chi connectivity index (χ1) is 12.1. The molecule has 0 bridgehead atoms. The second kappa shape index (κ2) is 7.76. The Morgan fingerprint density at radius 1 is 1.16 bits per heavy atom. The third-order valence-electron chi connectivity index (χ3n) is 3.50. The van der Waals surface area contributed by atoms with Crippen LogP contribution in [0.2, 0.25) is 0 Å². The van der Waals surface area contributed by atoms with E-state index < -0.39 is 4.92 Å². The van der Waals surface area contributed by atoms with Crippen LogP contribution in [0.15, 0.2) is 76.5 Å². The number of nitro benzene ring substituents is 1. The summed E-state index contributed by atoms with van der Waals surface area (Å²) in [5.41, 5.74) is 2.60. The Bertz CT molecular complexity index is 904. The van der Waals surface area contributed by atoms with Gasteiger partial charge in [-0.15, -0.1) is 0 Å². The molecule has 2 aromatic carbocycles. The summed E-state index contributed by atoms with van der Waals surface area (Å²) in [4.78, 5) is 15.6. The molecule has 7 heteroatoms. The van der Waals surface area contributed by atoms with Crippen LogP contribution in [0.4, 0.5) is 5.69 Å². The molecule has 25 heavy (non-hydrogen) atoms. The van der Waals surface area contributed by atoms with Gasteiger partial charge in [0.05, 0.1) is 16.8 Å². The molecule has 0 unspecified atom stereocenters. The predicted molar refractivity (Wildman–Crippen MR) is 98.9 cm³/mol. The van der Waals surface area contributed by atoms with Gasteiger partial charge in [0.1, 0.15) is 6.61 Å². The summed E-state index contributed by atoms with van der Waals surface area (Å²) >= 11 is 3.42. The number of hydrogen-bond donors (Lipinski definition) is 0. The molecule has 0 saturated heterocycles. The third kappa shape index (κ3) is 4.33. The van der Waals surface area contributed by atoms with Gasteiger partial charge in [-0.25, -0.2) is 0 Å². The summed E-state index contributed by atoms with van der Waals surface area (Å²) in [6.07, 6.45) is 3.55. The number of nitrogens with zero attached hydrogens (tertiary/aromatic N) is 3. The van der Waals surface area contributed by atoms with Crippen LogP contribution in [0.1, 0.15) is 11.3 Å². The minimum atomic E-state index is -0.433. The molecule has 0 amide bonds. The molecule has 3 rings (SSSR count). The van der Waals surface area contributed by atoms with Gasteiger partial charge in [-0.05, 0) is 42.0 Å². The van der Waals surface area contributed by atoms with Crippen LogP contribution in [-0.2, 0) is 11.4 Å². The van der Waals surface area contributed by atoms with Crippen molar-refractivity contribution in [2.45, 2.75) is 6.61 Å². The van der Waals surface area contributed by atoms with E-state index in [1.54, 1.807) is 18.3 Å². The molecule has 0 radical (unpaired) electrons. The minimum Gasteiger partial charge on any atom is -0.391 e. The summed E-state index contributed by atoms with van der Waals surface area (Å²) in [6, 6.07) is 18.1. The number of aromatic nitrogens is 1. The molecule has 0 N–H and O–H groups in total. The standard InChI is InChI=1S/C18H14BrN3O3/c19-15-6-8-16(9-7-15)21-10-2-5-18(21)12-20-25-13-14-3-1-4-17(11-14)22(23)24/h1-12H,13H2/b20-12-. The van der Waals surface area contributed by atoms with Gasteiger partial charge in [0.15, 0.2) is 0 Å². The molecule has 1 aromatic heterocycles. The van der Waals surface area contributed by atoms with Crippen LogP contribution >= 0.6 is 15.9 Å². The molecule has 0 aliphatic rings. The van der Waals surface area contributed by atoms with Crippen LogP contribution in [0.5, 0.6) is 0 Å². The highest BCUT2D eigenvalue weighted by atomic mass is 79.9. The predicted octanol–water partition coefficient (Wildman–Crippen LogP) is 4.70. The zero-order valence-electron chi connectivity index (χ0n) is 13.1. The zero-order chi connectivity index (χ0) is 17.6. The molecule has 0 aliphatic heterocycles.